The summed E-state index contributed by atoms with van der Waals surface area (Å²) in [7, 11) is 0. The second kappa shape index (κ2) is 7.82. The number of carbonyl (C=O) groups is 1. The van der Waals surface area contributed by atoms with Crippen LogP contribution in [0.4, 0.5) is 8.78 Å². The summed E-state index contributed by atoms with van der Waals surface area (Å²) in [5.41, 5.74) is 3.17. The molecule has 0 aliphatic heterocycles. The maximum Gasteiger partial charge on any atom is 0.277 e. The van der Waals surface area contributed by atoms with E-state index in [4.69, 9.17) is 4.74 Å². The Morgan fingerprint density at radius 2 is 2.13 bits per heavy atom. The highest BCUT2D eigenvalue weighted by Gasteiger charge is 2.07. The van der Waals surface area contributed by atoms with E-state index in [2.05, 4.69) is 26.5 Å². The normalized spacial score (nSPS) is 10.8. The summed E-state index contributed by atoms with van der Waals surface area (Å²) in [4.78, 5) is 11.6. The minimum Gasteiger partial charge on any atom is -0.483 e. The van der Waals surface area contributed by atoms with Crippen molar-refractivity contribution in [2.24, 2.45) is 5.10 Å². The van der Waals surface area contributed by atoms with Crippen LogP contribution in [0.1, 0.15) is 11.1 Å². The van der Waals surface area contributed by atoms with Gasteiger partial charge in [-0.25, -0.2) is 14.2 Å². The van der Waals surface area contributed by atoms with E-state index in [0.717, 1.165) is 22.3 Å². The van der Waals surface area contributed by atoms with E-state index in [9.17, 15) is 13.6 Å². The molecule has 1 amide bonds. The average Bonchev–Trinajstić information content (AvgIpc) is 2.50. The van der Waals surface area contributed by atoms with Crippen molar-refractivity contribution in [2.45, 2.75) is 6.92 Å². The van der Waals surface area contributed by atoms with Gasteiger partial charge in [0.25, 0.3) is 5.91 Å². The van der Waals surface area contributed by atoms with Crippen LogP contribution < -0.4 is 10.2 Å². The predicted octanol–water partition coefficient (Wildman–Crippen LogP) is 3.56. The standard InChI is InChI=1S/C16H13BrF2N2O2/c1-10-5-6-14(12(17)7-10)23-9-15(22)21-20-8-11-3-2-4-13(18)16(11)19/h2-8H,9H2,1H3,(H,21,22)/b20-8+. The Morgan fingerprint density at radius 3 is 2.87 bits per heavy atom. The molecular weight excluding hydrogens is 370 g/mol. The lowest BCUT2D eigenvalue weighted by Gasteiger charge is -2.07. The third-order valence-electron chi connectivity index (χ3n) is 2.82. The lowest BCUT2D eigenvalue weighted by Crippen LogP contribution is -2.24. The maximum atomic E-state index is 13.4. The Morgan fingerprint density at radius 1 is 1.35 bits per heavy atom. The summed E-state index contributed by atoms with van der Waals surface area (Å²) in [5, 5.41) is 3.57. The fourth-order valence-corrected chi connectivity index (χ4v) is 2.30. The number of hydrogen-bond acceptors (Lipinski definition) is 3. The number of ether oxygens (including phenoxy) is 1. The quantitative estimate of drug-likeness (QED) is 0.634. The fraction of sp³-hybridized carbons (Fsp3) is 0.125. The van der Waals surface area contributed by atoms with Crippen molar-refractivity contribution in [3.05, 3.63) is 63.6 Å². The van der Waals surface area contributed by atoms with E-state index in [0.29, 0.717) is 5.75 Å². The van der Waals surface area contributed by atoms with Crippen LogP contribution in [0.2, 0.25) is 0 Å². The van der Waals surface area contributed by atoms with Crippen LogP contribution >= 0.6 is 15.9 Å². The first-order chi connectivity index (χ1) is 11.0. The number of rotatable bonds is 5. The van der Waals surface area contributed by atoms with Crippen LogP contribution in [0.15, 0.2) is 46.0 Å². The van der Waals surface area contributed by atoms with Crippen molar-refractivity contribution < 1.29 is 18.3 Å². The van der Waals surface area contributed by atoms with Crippen LogP contribution in [-0.4, -0.2) is 18.7 Å². The van der Waals surface area contributed by atoms with E-state index in [-0.39, 0.29) is 12.2 Å². The molecule has 2 aromatic rings. The Balaban J connectivity index is 1.87. The van der Waals surface area contributed by atoms with Crippen molar-refractivity contribution in [3.8, 4) is 5.75 Å². The zero-order valence-corrected chi connectivity index (χ0v) is 13.7. The number of halogens is 3. The molecule has 0 atom stereocenters. The molecule has 0 bridgehead atoms. The molecule has 0 aliphatic carbocycles. The number of amides is 1. The van der Waals surface area contributed by atoms with Crippen LogP contribution in [-0.2, 0) is 4.79 Å². The monoisotopic (exact) mass is 382 g/mol. The smallest absolute Gasteiger partial charge is 0.277 e. The lowest BCUT2D eigenvalue weighted by atomic mass is 10.2. The third kappa shape index (κ3) is 4.85. The molecule has 0 spiro atoms. The molecule has 0 saturated carbocycles. The topological polar surface area (TPSA) is 50.7 Å². The first kappa shape index (κ1) is 17.1. The van der Waals surface area contributed by atoms with E-state index >= 15 is 0 Å². The first-order valence-electron chi connectivity index (χ1n) is 6.62. The molecule has 0 aliphatic rings. The van der Waals surface area contributed by atoms with Crippen molar-refractivity contribution in [1.29, 1.82) is 0 Å². The van der Waals surface area contributed by atoms with Gasteiger partial charge in [0.2, 0.25) is 0 Å². The van der Waals surface area contributed by atoms with Gasteiger partial charge in [0, 0.05) is 5.56 Å². The molecular formula is C16H13BrF2N2O2. The van der Waals surface area contributed by atoms with Crippen molar-refractivity contribution in [2.75, 3.05) is 6.61 Å². The molecule has 0 fully saturated rings. The predicted molar refractivity (Wildman–Crippen MR) is 86.5 cm³/mol. The summed E-state index contributed by atoms with van der Waals surface area (Å²) in [6.45, 7) is 1.67. The highest BCUT2D eigenvalue weighted by molar-refractivity contribution is 9.10. The number of benzene rings is 2. The molecule has 0 heterocycles. The molecule has 23 heavy (non-hydrogen) atoms. The van der Waals surface area contributed by atoms with Crippen LogP contribution in [0.5, 0.6) is 5.75 Å². The van der Waals surface area contributed by atoms with Gasteiger partial charge in [-0.05, 0) is 46.6 Å². The molecule has 0 radical (unpaired) electrons. The van der Waals surface area contributed by atoms with Crippen LogP contribution in [0, 0.1) is 18.6 Å². The molecule has 7 heteroatoms. The number of aryl methyl sites for hydroxylation is 1. The Labute approximate surface area is 140 Å². The number of carbonyl (C=O) groups excluding carboxylic acids is 1. The average molecular weight is 383 g/mol. The lowest BCUT2D eigenvalue weighted by molar-refractivity contribution is -0.123. The minimum atomic E-state index is -1.02. The summed E-state index contributed by atoms with van der Waals surface area (Å²) >= 11 is 3.33. The number of nitrogens with zero attached hydrogens (tertiary/aromatic N) is 1. The summed E-state index contributed by atoms with van der Waals surface area (Å²) in [6.07, 6.45) is 1.03. The van der Waals surface area contributed by atoms with Gasteiger partial charge in [-0.2, -0.15) is 5.10 Å². The van der Waals surface area contributed by atoms with Gasteiger partial charge >= 0.3 is 0 Å². The summed E-state index contributed by atoms with van der Waals surface area (Å²) in [6, 6.07) is 9.13. The van der Waals surface area contributed by atoms with Gasteiger partial charge in [-0.15, -0.1) is 0 Å². The van der Waals surface area contributed by atoms with Gasteiger partial charge in [0.1, 0.15) is 5.75 Å². The number of nitrogens with one attached hydrogen (secondary N) is 1. The maximum absolute atomic E-state index is 13.4. The SMILES string of the molecule is Cc1ccc(OCC(=O)N/N=C/c2cccc(F)c2F)c(Br)c1. The Kier molecular flexibility index (Phi) is 5.81. The summed E-state index contributed by atoms with van der Waals surface area (Å²) < 4.78 is 32.4. The molecule has 2 rings (SSSR count). The van der Waals surface area contributed by atoms with Crippen molar-refractivity contribution in [3.63, 3.8) is 0 Å². The van der Waals surface area contributed by atoms with Gasteiger partial charge < -0.3 is 4.74 Å². The van der Waals surface area contributed by atoms with Crippen molar-refractivity contribution in [1.82, 2.24) is 5.43 Å². The zero-order chi connectivity index (χ0) is 16.8. The molecule has 0 saturated heterocycles. The van der Waals surface area contributed by atoms with Crippen LogP contribution in [0.3, 0.4) is 0 Å². The molecule has 0 aromatic heterocycles. The van der Waals surface area contributed by atoms with Gasteiger partial charge in [-0.3, -0.25) is 4.79 Å². The highest BCUT2D eigenvalue weighted by Crippen LogP contribution is 2.25. The van der Waals surface area contributed by atoms with Gasteiger partial charge in [-0.1, -0.05) is 18.2 Å². The highest BCUT2D eigenvalue weighted by atomic mass is 79.9. The Bertz CT molecular complexity index is 751. The molecule has 1 N–H and O–H groups in total. The van der Waals surface area contributed by atoms with E-state index in [1.165, 1.54) is 12.1 Å². The second-order valence-electron chi connectivity index (χ2n) is 4.66. The van der Waals surface area contributed by atoms with Crippen molar-refractivity contribution >= 4 is 28.1 Å². The molecule has 120 valence electrons. The van der Waals surface area contributed by atoms with Gasteiger partial charge in [0.05, 0.1) is 10.7 Å². The second-order valence-corrected chi connectivity index (χ2v) is 5.51. The molecule has 4 nitrogen and oxygen atoms in total. The first-order valence-corrected chi connectivity index (χ1v) is 7.41. The Hall–Kier alpha value is -2.28. The molecule has 0 unspecified atom stereocenters. The number of hydrogen-bond donors (Lipinski definition) is 1. The van der Waals surface area contributed by atoms with E-state index < -0.39 is 17.5 Å². The van der Waals surface area contributed by atoms with E-state index in [1.807, 2.05) is 19.1 Å². The fourth-order valence-electron chi connectivity index (χ4n) is 1.69. The summed E-state index contributed by atoms with van der Waals surface area (Å²) in [5.74, 6) is -2.00. The molecule has 2 aromatic carbocycles. The minimum absolute atomic E-state index is 0.0625. The van der Waals surface area contributed by atoms with Gasteiger partial charge in [0.15, 0.2) is 18.2 Å². The largest absolute Gasteiger partial charge is 0.483 e. The van der Waals surface area contributed by atoms with Crippen LogP contribution in [0.25, 0.3) is 0 Å². The number of hydrazone groups is 1. The van der Waals surface area contributed by atoms with E-state index in [1.54, 1.807) is 6.07 Å². The third-order valence-corrected chi connectivity index (χ3v) is 3.44. The zero-order valence-electron chi connectivity index (χ0n) is 12.1.